The maximum absolute atomic E-state index is 13.2. The van der Waals surface area contributed by atoms with Gasteiger partial charge in [0, 0.05) is 7.11 Å². The second-order valence-corrected chi connectivity index (χ2v) is 7.56. The van der Waals surface area contributed by atoms with Crippen LogP contribution in [0.25, 0.3) is 10.9 Å². The first kappa shape index (κ1) is 19.7. The fourth-order valence-corrected chi connectivity index (χ4v) is 4.14. The van der Waals surface area contributed by atoms with E-state index in [9.17, 15) is 4.79 Å². The molecule has 0 radical (unpaired) electrons. The van der Waals surface area contributed by atoms with E-state index in [1.54, 1.807) is 11.8 Å². The van der Waals surface area contributed by atoms with Crippen LogP contribution >= 0.6 is 0 Å². The Morgan fingerprint density at radius 1 is 1.28 bits per heavy atom. The maximum atomic E-state index is 13.2. The third kappa shape index (κ3) is 3.93. The Labute approximate surface area is 168 Å². The zero-order valence-corrected chi connectivity index (χ0v) is 17.1. The first-order chi connectivity index (χ1) is 14.1. The lowest BCUT2D eigenvalue weighted by atomic mass is 10.0. The molecule has 154 valence electrons. The Hall–Kier alpha value is -2.62. The number of hydrogen-bond donors (Lipinski definition) is 2. The van der Waals surface area contributed by atoms with Crippen LogP contribution in [-0.2, 0) is 16.0 Å². The van der Waals surface area contributed by atoms with Gasteiger partial charge in [0.05, 0.1) is 37.4 Å². The first-order valence-electron chi connectivity index (χ1n) is 9.90. The summed E-state index contributed by atoms with van der Waals surface area (Å²) in [7, 11) is 1.65. The summed E-state index contributed by atoms with van der Waals surface area (Å²) in [6.45, 7) is 7.97. The van der Waals surface area contributed by atoms with Crippen LogP contribution in [-0.4, -0.2) is 65.2 Å². The number of quaternary nitrogens is 1. The van der Waals surface area contributed by atoms with Crippen LogP contribution in [0.2, 0.25) is 0 Å². The second kappa shape index (κ2) is 8.40. The molecule has 9 nitrogen and oxygen atoms in total. The summed E-state index contributed by atoms with van der Waals surface area (Å²) < 4.78 is 12.5. The van der Waals surface area contributed by atoms with Crippen molar-refractivity contribution >= 4 is 10.9 Å². The minimum Gasteiger partial charge on any atom is -0.383 e. The molecule has 3 aromatic rings. The number of morpholine rings is 1. The van der Waals surface area contributed by atoms with Gasteiger partial charge in [-0.3, -0.25) is 4.79 Å². The zero-order chi connectivity index (χ0) is 20.4. The average Bonchev–Trinajstić information content (AvgIpc) is 3.16. The van der Waals surface area contributed by atoms with Gasteiger partial charge in [0.25, 0.3) is 5.56 Å². The summed E-state index contributed by atoms with van der Waals surface area (Å²) >= 11 is 0. The first-order valence-corrected chi connectivity index (χ1v) is 9.90. The van der Waals surface area contributed by atoms with Gasteiger partial charge in [0.1, 0.15) is 13.1 Å². The molecule has 0 unspecified atom stereocenters. The number of aromatic amines is 1. The molecule has 1 atom stereocenters. The normalized spacial score (nSPS) is 16.4. The van der Waals surface area contributed by atoms with Gasteiger partial charge < -0.3 is 19.4 Å². The van der Waals surface area contributed by atoms with Crippen molar-refractivity contribution in [3.63, 3.8) is 0 Å². The van der Waals surface area contributed by atoms with E-state index in [4.69, 9.17) is 9.47 Å². The van der Waals surface area contributed by atoms with Crippen molar-refractivity contribution in [3.05, 3.63) is 51.1 Å². The molecule has 29 heavy (non-hydrogen) atoms. The molecule has 2 aromatic heterocycles. The van der Waals surface area contributed by atoms with Crippen LogP contribution < -0.4 is 10.5 Å². The van der Waals surface area contributed by atoms with Gasteiger partial charge in [0.2, 0.25) is 5.82 Å². The summed E-state index contributed by atoms with van der Waals surface area (Å²) in [6, 6.07) is 5.89. The molecular formula is C20H27N6O3+. The van der Waals surface area contributed by atoms with Gasteiger partial charge in [-0.15, -0.1) is 5.10 Å². The number of methoxy groups -OCH3 is 1. The van der Waals surface area contributed by atoms with Crippen LogP contribution in [0.3, 0.4) is 0 Å². The number of aromatic nitrogens is 5. The van der Waals surface area contributed by atoms with Crippen molar-refractivity contribution in [1.29, 1.82) is 0 Å². The quantitative estimate of drug-likeness (QED) is 0.595. The fraction of sp³-hybridized carbons (Fsp3) is 0.500. The lowest BCUT2D eigenvalue weighted by Gasteiger charge is -2.30. The number of fused-ring (bicyclic) bond motifs is 1. The molecule has 0 bridgehead atoms. The second-order valence-electron chi connectivity index (χ2n) is 7.56. The number of pyridine rings is 1. The van der Waals surface area contributed by atoms with Crippen LogP contribution in [0, 0.1) is 13.8 Å². The van der Waals surface area contributed by atoms with Crippen LogP contribution in [0.15, 0.2) is 23.0 Å². The number of ether oxygens (including phenoxy) is 2. The largest absolute Gasteiger partial charge is 0.383 e. The van der Waals surface area contributed by atoms with Crippen molar-refractivity contribution in [1.82, 2.24) is 25.2 Å². The van der Waals surface area contributed by atoms with Gasteiger partial charge in [-0.25, -0.2) is 4.68 Å². The SMILES string of the molecule is COCCn1nnnc1[C@@H](c1cc2cc(C)cc(C)c2[nH]c1=O)[NH+]1CCOCC1. The predicted octanol–water partition coefficient (Wildman–Crippen LogP) is -0.218. The van der Waals surface area contributed by atoms with Gasteiger partial charge in [-0.2, -0.15) is 0 Å². The van der Waals surface area contributed by atoms with E-state index < -0.39 is 0 Å². The molecular weight excluding hydrogens is 372 g/mol. The highest BCUT2D eigenvalue weighted by Crippen LogP contribution is 2.22. The molecule has 0 amide bonds. The molecule has 1 saturated heterocycles. The van der Waals surface area contributed by atoms with E-state index in [2.05, 4.69) is 39.6 Å². The van der Waals surface area contributed by atoms with Crippen molar-refractivity contribution in [3.8, 4) is 0 Å². The van der Waals surface area contributed by atoms with E-state index in [0.29, 0.717) is 37.8 Å². The molecule has 9 heteroatoms. The van der Waals surface area contributed by atoms with Crippen LogP contribution in [0.1, 0.15) is 28.6 Å². The lowest BCUT2D eigenvalue weighted by molar-refractivity contribution is -0.933. The van der Waals surface area contributed by atoms with Crippen molar-refractivity contribution in [2.45, 2.75) is 26.4 Å². The van der Waals surface area contributed by atoms with Crippen molar-refractivity contribution in [2.75, 3.05) is 40.0 Å². The van der Waals surface area contributed by atoms with Gasteiger partial charge >= 0.3 is 0 Å². The molecule has 4 rings (SSSR count). The standard InChI is InChI=1S/C20H26N6O3/c1-13-10-14(2)17-15(11-13)12-16(20(27)21-17)18(25-4-8-29-9-5-25)19-22-23-24-26(19)6-7-28-3/h10-12,18H,4-9H2,1-3H3,(H,21,27)/p+1/t18-/m1/s1. The number of nitrogens with one attached hydrogen (secondary N) is 2. The Balaban J connectivity index is 1.86. The lowest BCUT2D eigenvalue weighted by Crippen LogP contribution is -3.14. The number of aryl methyl sites for hydroxylation is 2. The summed E-state index contributed by atoms with van der Waals surface area (Å²) in [5, 5.41) is 13.3. The van der Waals surface area contributed by atoms with E-state index in [-0.39, 0.29) is 11.6 Å². The van der Waals surface area contributed by atoms with Crippen molar-refractivity contribution < 1.29 is 14.4 Å². The molecule has 2 N–H and O–H groups in total. The highest BCUT2D eigenvalue weighted by Gasteiger charge is 2.35. The van der Waals surface area contributed by atoms with E-state index >= 15 is 0 Å². The molecule has 1 aliphatic heterocycles. The monoisotopic (exact) mass is 399 g/mol. The third-order valence-corrected chi connectivity index (χ3v) is 5.50. The number of H-pyrrole nitrogens is 1. The smallest absolute Gasteiger partial charge is 0.258 e. The summed E-state index contributed by atoms with van der Waals surface area (Å²) in [6.07, 6.45) is 0. The summed E-state index contributed by atoms with van der Waals surface area (Å²) in [5.41, 5.74) is 3.67. The van der Waals surface area contributed by atoms with Gasteiger partial charge in [-0.05, 0) is 47.4 Å². The molecule has 1 aromatic carbocycles. The van der Waals surface area contributed by atoms with E-state index in [1.165, 1.54) is 4.90 Å². The summed E-state index contributed by atoms with van der Waals surface area (Å²) in [4.78, 5) is 17.5. The Bertz CT molecular complexity index is 1050. The molecule has 0 spiro atoms. The zero-order valence-electron chi connectivity index (χ0n) is 17.1. The predicted molar refractivity (Wildman–Crippen MR) is 107 cm³/mol. The molecule has 1 fully saturated rings. The molecule has 0 aliphatic carbocycles. The number of hydrogen-bond acceptors (Lipinski definition) is 6. The topological polar surface area (TPSA) is 99.4 Å². The third-order valence-electron chi connectivity index (χ3n) is 5.50. The number of tetrazole rings is 1. The molecule has 0 saturated carbocycles. The van der Waals surface area contributed by atoms with Gasteiger partial charge in [-0.1, -0.05) is 11.6 Å². The highest BCUT2D eigenvalue weighted by molar-refractivity contribution is 5.83. The number of nitrogens with zero attached hydrogens (tertiary/aromatic N) is 4. The number of rotatable bonds is 6. The molecule has 1 aliphatic rings. The average molecular weight is 399 g/mol. The van der Waals surface area contributed by atoms with Crippen LogP contribution in [0.4, 0.5) is 0 Å². The van der Waals surface area contributed by atoms with E-state index in [1.807, 2.05) is 13.0 Å². The van der Waals surface area contributed by atoms with Gasteiger partial charge in [0.15, 0.2) is 6.04 Å². The number of benzene rings is 1. The maximum Gasteiger partial charge on any atom is 0.258 e. The van der Waals surface area contributed by atoms with E-state index in [0.717, 1.165) is 35.1 Å². The minimum atomic E-state index is -0.278. The minimum absolute atomic E-state index is 0.102. The molecule has 3 heterocycles. The van der Waals surface area contributed by atoms with Crippen LogP contribution in [0.5, 0.6) is 0 Å². The van der Waals surface area contributed by atoms with Crippen molar-refractivity contribution in [2.24, 2.45) is 0 Å². The summed E-state index contributed by atoms with van der Waals surface area (Å²) in [5.74, 6) is 0.674. The fourth-order valence-electron chi connectivity index (χ4n) is 4.14. The highest BCUT2D eigenvalue weighted by atomic mass is 16.5. The Kier molecular flexibility index (Phi) is 5.70. The Morgan fingerprint density at radius 3 is 2.83 bits per heavy atom. The Morgan fingerprint density at radius 2 is 2.07 bits per heavy atom.